The summed E-state index contributed by atoms with van der Waals surface area (Å²) in [6, 6.07) is 5.24. The molecule has 2 aliphatic heterocycles. The second-order valence-electron chi connectivity index (χ2n) is 10.5. The number of aromatic amines is 1. The molecular formula is C28H32F6N4. The molecule has 2 aliphatic rings. The van der Waals surface area contributed by atoms with Crippen LogP contribution in [0.3, 0.4) is 0 Å². The van der Waals surface area contributed by atoms with Gasteiger partial charge in [-0.05, 0) is 43.5 Å². The number of para-hydroxylation sites is 1. The molecule has 3 aromatic rings. The van der Waals surface area contributed by atoms with E-state index < -0.39 is 55.1 Å². The lowest BCUT2D eigenvalue weighted by molar-refractivity contribution is -0.0551. The summed E-state index contributed by atoms with van der Waals surface area (Å²) in [7, 11) is 0. The number of hydrogen-bond acceptors (Lipinski definition) is 3. The number of hydrogen-bond donors (Lipinski definition) is 2. The van der Waals surface area contributed by atoms with E-state index in [1.807, 2.05) is 4.90 Å². The third kappa shape index (κ3) is 5.00. The molecule has 2 aromatic carbocycles. The van der Waals surface area contributed by atoms with Gasteiger partial charge in [0.1, 0.15) is 17.5 Å². The summed E-state index contributed by atoms with van der Waals surface area (Å²) < 4.78 is 87.8. The lowest BCUT2D eigenvalue weighted by Gasteiger charge is -2.42. The highest BCUT2D eigenvalue weighted by atomic mass is 19.3. The summed E-state index contributed by atoms with van der Waals surface area (Å²) in [5, 5.41) is 3.69. The van der Waals surface area contributed by atoms with Gasteiger partial charge in [0.05, 0.1) is 30.8 Å². The lowest BCUT2D eigenvalue weighted by Crippen LogP contribution is -2.54. The maximum Gasteiger partial charge on any atom is 0.260 e. The van der Waals surface area contributed by atoms with E-state index in [1.54, 1.807) is 19.1 Å². The molecule has 1 aromatic heterocycles. The molecule has 1 fully saturated rings. The monoisotopic (exact) mass is 538 g/mol. The summed E-state index contributed by atoms with van der Waals surface area (Å²) in [5.74, 6) is -5.32. The Kier molecular flexibility index (Phi) is 7.39. The third-order valence-corrected chi connectivity index (χ3v) is 7.81. The normalized spacial score (nSPS) is 21.1. The predicted octanol–water partition coefficient (Wildman–Crippen LogP) is 6.42. The maximum absolute atomic E-state index is 15.7. The first kappa shape index (κ1) is 26.9. The highest BCUT2D eigenvalue weighted by molar-refractivity contribution is 5.86. The number of fused-ring (bicyclic) bond motifs is 3. The van der Waals surface area contributed by atoms with Crippen LogP contribution in [0.2, 0.25) is 0 Å². The van der Waals surface area contributed by atoms with Gasteiger partial charge in [0.15, 0.2) is 0 Å². The average Bonchev–Trinajstić information content (AvgIpc) is 3.21. The van der Waals surface area contributed by atoms with Crippen molar-refractivity contribution < 1.29 is 26.3 Å². The smallest absolute Gasteiger partial charge is 0.260 e. The molecule has 0 amide bonds. The second kappa shape index (κ2) is 10.4. The molecular weight excluding hydrogens is 506 g/mol. The number of rotatable bonds is 9. The number of likely N-dealkylation sites (tertiary alicyclic amines) is 1. The fourth-order valence-electron chi connectivity index (χ4n) is 5.77. The second-order valence-corrected chi connectivity index (χ2v) is 10.5. The minimum Gasteiger partial charge on any atom is -0.380 e. The van der Waals surface area contributed by atoms with Crippen LogP contribution in [0, 0.1) is 17.5 Å². The van der Waals surface area contributed by atoms with Gasteiger partial charge < -0.3 is 10.3 Å². The average molecular weight is 539 g/mol. The predicted molar refractivity (Wildman–Crippen MR) is 136 cm³/mol. The van der Waals surface area contributed by atoms with E-state index in [-0.39, 0.29) is 22.8 Å². The highest BCUT2D eigenvalue weighted by Gasteiger charge is 2.43. The number of alkyl halides is 3. The molecule has 1 saturated heterocycles. The van der Waals surface area contributed by atoms with E-state index in [0.29, 0.717) is 49.1 Å². The number of H-pyrrole nitrogens is 1. The highest BCUT2D eigenvalue weighted by Crippen LogP contribution is 2.44. The summed E-state index contributed by atoms with van der Waals surface area (Å²) >= 11 is 0. The number of aromatic nitrogens is 1. The molecule has 0 unspecified atom stereocenters. The van der Waals surface area contributed by atoms with Crippen molar-refractivity contribution in [1.82, 2.24) is 14.8 Å². The topological polar surface area (TPSA) is 34.3 Å². The molecule has 10 heteroatoms. The molecule has 38 heavy (non-hydrogen) atoms. The SMILES string of the molecule is CCC(F)(F)CN1[C@H](c2c(F)cc(NC3CN(CCCF)C3)cc2F)c2[nH]c3c(F)cccc3c2C[C@H]1C. The van der Waals surface area contributed by atoms with Gasteiger partial charge in [-0.3, -0.25) is 14.2 Å². The number of benzene rings is 2. The Hall–Kier alpha value is -2.72. The Morgan fingerprint density at radius 1 is 1.08 bits per heavy atom. The van der Waals surface area contributed by atoms with Gasteiger partial charge in [-0.2, -0.15) is 0 Å². The first-order chi connectivity index (χ1) is 18.1. The van der Waals surface area contributed by atoms with Crippen LogP contribution < -0.4 is 5.32 Å². The minimum atomic E-state index is -3.08. The lowest BCUT2D eigenvalue weighted by atomic mass is 9.87. The van der Waals surface area contributed by atoms with Crippen LogP contribution in [0.5, 0.6) is 0 Å². The molecule has 0 spiro atoms. The van der Waals surface area contributed by atoms with E-state index in [0.717, 1.165) is 0 Å². The van der Waals surface area contributed by atoms with E-state index in [9.17, 15) is 17.6 Å². The van der Waals surface area contributed by atoms with Crippen LogP contribution in [0.4, 0.5) is 32.0 Å². The Morgan fingerprint density at radius 2 is 1.79 bits per heavy atom. The number of anilines is 1. The first-order valence-electron chi connectivity index (χ1n) is 13.1. The van der Waals surface area contributed by atoms with Crippen LogP contribution in [-0.2, 0) is 6.42 Å². The molecule has 5 rings (SSSR count). The van der Waals surface area contributed by atoms with E-state index >= 15 is 8.78 Å². The van der Waals surface area contributed by atoms with Gasteiger partial charge in [-0.25, -0.2) is 22.0 Å². The van der Waals surface area contributed by atoms with Gasteiger partial charge >= 0.3 is 0 Å². The van der Waals surface area contributed by atoms with Crippen LogP contribution >= 0.6 is 0 Å². The zero-order chi connectivity index (χ0) is 27.2. The molecule has 0 saturated carbocycles. The fourth-order valence-corrected chi connectivity index (χ4v) is 5.77. The molecule has 0 aliphatic carbocycles. The largest absolute Gasteiger partial charge is 0.380 e. The standard InChI is InChI=1S/C28H32F6N4/c1-3-28(33,34)15-38-16(2)10-20-19-6-4-7-21(30)25(19)36-26(20)27(38)24-22(31)11-17(12-23(24)32)35-18-13-37(14-18)9-5-8-29/h4,6-7,11-12,16,18,27,35-36H,3,5,8-10,13-15H2,1-2H3/t16-,27-/m1/s1. The summed E-state index contributed by atoms with van der Waals surface area (Å²) in [6.07, 6.45) is 0.352. The number of nitrogens with one attached hydrogen (secondary N) is 2. The molecule has 0 bridgehead atoms. The Balaban J connectivity index is 1.52. The Labute approximate surface area is 218 Å². The molecule has 3 heterocycles. The third-order valence-electron chi connectivity index (χ3n) is 7.81. The molecule has 2 N–H and O–H groups in total. The Bertz CT molecular complexity index is 1280. The zero-order valence-corrected chi connectivity index (χ0v) is 21.4. The Morgan fingerprint density at radius 3 is 2.45 bits per heavy atom. The van der Waals surface area contributed by atoms with Crippen molar-refractivity contribution in [3.05, 3.63) is 64.6 Å². The maximum atomic E-state index is 15.7. The van der Waals surface area contributed by atoms with Crippen LogP contribution in [0.25, 0.3) is 10.9 Å². The van der Waals surface area contributed by atoms with Crippen molar-refractivity contribution in [3.63, 3.8) is 0 Å². The van der Waals surface area contributed by atoms with Crippen molar-refractivity contribution in [3.8, 4) is 0 Å². The summed E-state index contributed by atoms with van der Waals surface area (Å²) in [5.41, 5.74) is 1.10. The van der Waals surface area contributed by atoms with Crippen molar-refractivity contribution >= 4 is 16.6 Å². The van der Waals surface area contributed by atoms with E-state index in [1.165, 1.54) is 30.0 Å². The molecule has 4 nitrogen and oxygen atoms in total. The van der Waals surface area contributed by atoms with Crippen LogP contribution in [-0.4, -0.2) is 65.6 Å². The molecule has 206 valence electrons. The van der Waals surface area contributed by atoms with E-state index in [2.05, 4.69) is 10.3 Å². The van der Waals surface area contributed by atoms with Gasteiger partial charge in [0, 0.05) is 54.4 Å². The van der Waals surface area contributed by atoms with Gasteiger partial charge in [0.2, 0.25) is 0 Å². The number of halogens is 6. The minimum absolute atomic E-state index is 0.0306. The zero-order valence-electron chi connectivity index (χ0n) is 21.4. The van der Waals surface area contributed by atoms with Crippen LogP contribution in [0.15, 0.2) is 30.3 Å². The molecule has 2 atom stereocenters. The summed E-state index contributed by atoms with van der Waals surface area (Å²) in [4.78, 5) is 6.45. The van der Waals surface area contributed by atoms with Gasteiger partial charge in [0.25, 0.3) is 5.92 Å². The van der Waals surface area contributed by atoms with E-state index in [4.69, 9.17) is 0 Å². The van der Waals surface area contributed by atoms with Gasteiger partial charge in [-0.1, -0.05) is 19.1 Å². The van der Waals surface area contributed by atoms with Crippen molar-refractivity contribution in [2.45, 2.75) is 57.2 Å². The summed E-state index contributed by atoms with van der Waals surface area (Å²) in [6.45, 7) is 3.93. The first-order valence-corrected chi connectivity index (χ1v) is 13.1. The molecule has 0 radical (unpaired) electrons. The fraction of sp³-hybridized carbons (Fsp3) is 0.500. The van der Waals surface area contributed by atoms with Gasteiger partial charge in [-0.15, -0.1) is 0 Å². The van der Waals surface area contributed by atoms with Crippen molar-refractivity contribution in [2.24, 2.45) is 0 Å². The van der Waals surface area contributed by atoms with Crippen molar-refractivity contribution in [1.29, 1.82) is 0 Å². The quantitative estimate of drug-likeness (QED) is 0.309. The van der Waals surface area contributed by atoms with Crippen molar-refractivity contribution in [2.75, 3.05) is 38.2 Å². The van der Waals surface area contributed by atoms with Crippen LogP contribution in [0.1, 0.15) is 49.6 Å². The number of nitrogens with zero attached hydrogens (tertiary/aromatic N) is 2.